The van der Waals surface area contributed by atoms with Crippen LogP contribution in [0.2, 0.25) is 0 Å². The number of rotatable bonds is 6. The van der Waals surface area contributed by atoms with Gasteiger partial charge in [0.05, 0.1) is 18.7 Å². The monoisotopic (exact) mass is 344 g/mol. The molecule has 1 rings (SSSR count). The molecule has 130 valence electrons. The van der Waals surface area contributed by atoms with E-state index < -0.39 is 35.8 Å². The highest BCUT2D eigenvalue weighted by molar-refractivity contribution is 5.87. The summed E-state index contributed by atoms with van der Waals surface area (Å²) in [5.41, 5.74) is -0.982. The number of carbonyl (C=O) groups is 2. The van der Waals surface area contributed by atoms with Crippen LogP contribution in [0.25, 0.3) is 0 Å². The first-order valence-electron chi connectivity index (χ1n) is 6.81. The summed E-state index contributed by atoms with van der Waals surface area (Å²) in [6.07, 6.45) is -6.34. The maximum absolute atomic E-state index is 12.5. The van der Waals surface area contributed by atoms with Crippen LogP contribution in [0.5, 0.6) is 0 Å². The van der Waals surface area contributed by atoms with E-state index in [1.807, 2.05) is 0 Å². The zero-order valence-corrected chi connectivity index (χ0v) is 12.6. The van der Waals surface area contributed by atoms with Gasteiger partial charge >= 0.3 is 12.1 Å². The van der Waals surface area contributed by atoms with Crippen molar-refractivity contribution in [3.05, 3.63) is 35.4 Å². The summed E-state index contributed by atoms with van der Waals surface area (Å²) in [6.45, 7) is 0. The van der Waals surface area contributed by atoms with E-state index in [0.29, 0.717) is 0 Å². The summed E-state index contributed by atoms with van der Waals surface area (Å²) in [5, 5.41) is 20.6. The highest BCUT2D eigenvalue weighted by Crippen LogP contribution is 2.29. The number of nitrogens with one attached hydrogen (secondary N) is 1. The van der Waals surface area contributed by atoms with Crippen molar-refractivity contribution in [2.45, 2.75) is 31.2 Å². The zero-order chi connectivity index (χ0) is 18.3. The van der Waals surface area contributed by atoms with Crippen molar-refractivity contribution < 1.29 is 32.6 Å². The lowest BCUT2D eigenvalue weighted by Gasteiger charge is -2.18. The summed E-state index contributed by atoms with van der Waals surface area (Å²) < 4.78 is 41.9. The maximum Gasteiger partial charge on any atom is 0.416 e. The molecule has 0 fully saturated rings. The Kier molecular flexibility index (Phi) is 6.73. The number of methoxy groups -OCH3 is 1. The predicted molar refractivity (Wildman–Crippen MR) is 75.2 cm³/mol. The van der Waals surface area contributed by atoms with Crippen LogP contribution >= 0.6 is 0 Å². The van der Waals surface area contributed by atoms with Crippen LogP contribution in [0, 0.1) is 11.3 Å². The van der Waals surface area contributed by atoms with Crippen molar-refractivity contribution in [3.63, 3.8) is 0 Å². The molecule has 0 saturated heterocycles. The zero-order valence-electron chi connectivity index (χ0n) is 12.6. The van der Waals surface area contributed by atoms with Crippen molar-refractivity contribution >= 4 is 11.9 Å². The van der Waals surface area contributed by atoms with Crippen LogP contribution in [-0.4, -0.2) is 30.1 Å². The molecule has 0 radical (unpaired) electrons. The van der Waals surface area contributed by atoms with Gasteiger partial charge in [-0.2, -0.15) is 18.4 Å². The van der Waals surface area contributed by atoms with Gasteiger partial charge in [0, 0.05) is 6.42 Å². The molecule has 0 aliphatic heterocycles. The molecule has 6 nitrogen and oxygen atoms in total. The van der Waals surface area contributed by atoms with E-state index in [4.69, 9.17) is 5.26 Å². The molecule has 0 spiro atoms. The number of ether oxygens (including phenoxy) is 1. The van der Waals surface area contributed by atoms with Gasteiger partial charge in [-0.1, -0.05) is 12.1 Å². The molecule has 0 aliphatic rings. The number of hydrogen-bond acceptors (Lipinski definition) is 5. The maximum atomic E-state index is 12.5. The number of alkyl halides is 3. The largest absolute Gasteiger partial charge is 0.467 e. The van der Waals surface area contributed by atoms with Gasteiger partial charge in [-0.05, 0) is 24.1 Å². The SMILES string of the molecule is COC(=O)[C@H](CCC#N)NC(=O)[C@H](O)c1ccc(C(F)(F)F)cc1. The van der Waals surface area contributed by atoms with E-state index in [2.05, 4.69) is 10.1 Å². The van der Waals surface area contributed by atoms with Crippen LogP contribution < -0.4 is 5.32 Å². The van der Waals surface area contributed by atoms with Gasteiger partial charge in [0.1, 0.15) is 6.04 Å². The second kappa shape index (κ2) is 8.31. The standard InChI is InChI=1S/C15H15F3N2O4/c1-24-14(23)11(3-2-8-19)20-13(22)12(21)9-4-6-10(7-5-9)15(16,17)18/h4-7,11-12,21H,2-3H2,1H3,(H,20,22)/t11-,12+/m0/s1. The second-order valence-electron chi connectivity index (χ2n) is 4.80. The van der Waals surface area contributed by atoms with E-state index in [9.17, 15) is 27.9 Å². The molecular formula is C15H15F3N2O4. The lowest BCUT2D eigenvalue weighted by Crippen LogP contribution is -2.43. The first-order valence-corrected chi connectivity index (χ1v) is 6.81. The Bertz CT molecular complexity index is 623. The smallest absolute Gasteiger partial charge is 0.416 e. The van der Waals surface area contributed by atoms with Crippen LogP contribution in [0.4, 0.5) is 13.2 Å². The number of benzene rings is 1. The molecule has 0 unspecified atom stereocenters. The van der Waals surface area contributed by atoms with Crippen molar-refractivity contribution in [2.75, 3.05) is 7.11 Å². The Morgan fingerprint density at radius 1 is 1.33 bits per heavy atom. The molecule has 0 aliphatic carbocycles. The molecule has 0 bridgehead atoms. The van der Waals surface area contributed by atoms with E-state index in [1.165, 1.54) is 0 Å². The van der Waals surface area contributed by atoms with Gasteiger partial charge < -0.3 is 15.2 Å². The molecule has 9 heteroatoms. The molecule has 0 heterocycles. The Hall–Kier alpha value is -2.60. The molecule has 24 heavy (non-hydrogen) atoms. The molecule has 0 saturated carbocycles. The van der Waals surface area contributed by atoms with E-state index in [1.54, 1.807) is 6.07 Å². The normalized spacial score (nSPS) is 13.5. The van der Waals surface area contributed by atoms with Crippen molar-refractivity contribution in [1.82, 2.24) is 5.32 Å². The number of halogens is 3. The fourth-order valence-corrected chi connectivity index (χ4v) is 1.86. The Morgan fingerprint density at radius 2 is 1.92 bits per heavy atom. The topological polar surface area (TPSA) is 99.4 Å². The minimum absolute atomic E-state index is 0.0192. The molecular weight excluding hydrogens is 329 g/mol. The van der Waals surface area contributed by atoms with Gasteiger partial charge in [0.2, 0.25) is 0 Å². The second-order valence-corrected chi connectivity index (χ2v) is 4.80. The lowest BCUT2D eigenvalue weighted by molar-refractivity contribution is -0.146. The van der Waals surface area contributed by atoms with Crippen LogP contribution in [0.15, 0.2) is 24.3 Å². The number of aliphatic hydroxyl groups is 1. The quantitative estimate of drug-likeness (QED) is 0.765. The summed E-state index contributed by atoms with van der Waals surface area (Å²) in [7, 11) is 1.10. The molecule has 1 amide bonds. The summed E-state index contributed by atoms with van der Waals surface area (Å²) >= 11 is 0. The lowest BCUT2D eigenvalue weighted by atomic mass is 10.1. The van der Waals surface area contributed by atoms with Crippen LogP contribution in [0.1, 0.15) is 30.1 Å². The number of nitrogens with zero attached hydrogens (tertiary/aromatic N) is 1. The Labute approximate surface area is 135 Å². The number of carbonyl (C=O) groups excluding carboxylic acids is 2. The molecule has 1 aromatic carbocycles. The van der Waals surface area contributed by atoms with Crippen LogP contribution in [0.3, 0.4) is 0 Å². The van der Waals surface area contributed by atoms with Gasteiger partial charge in [0.25, 0.3) is 5.91 Å². The first kappa shape index (κ1) is 19.4. The molecule has 2 N–H and O–H groups in total. The van der Waals surface area contributed by atoms with Crippen molar-refractivity contribution in [3.8, 4) is 6.07 Å². The average molecular weight is 344 g/mol. The minimum Gasteiger partial charge on any atom is -0.467 e. The number of amides is 1. The summed E-state index contributed by atoms with van der Waals surface area (Å²) in [4.78, 5) is 23.5. The number of nitriles is 1. The predicted octanol–water partition coefficient (Wildman–Crippen LogP) is 1.70. The van der Waals surface area contributed by atoms with Gasteiger partial charge in [-0.15, -0.1) is 0 Å². The fourth-order valence-electron chi connectivity index (χ4n) is 1.86. The molecule has 0 aromatic heterocycles. The van der Waals surface area contributed by atoms with Gasteiger partial charge in [0.15, 0.2) is 6.10 Å². The third-order valence-corrected chi connectivity index (χ3v) is 3.15. The number of hydrogen-bond donors (Lipinski definition) is 2. The van der Waals surface area contributed by atoms with Gasteiger partial charge in [-0.3, -0.25) is 4.79 Å². The summed E-state index contributed by atoms with van der Waals surface area (Å²) in [5.74, 6) is -1.78. The van der Waals surface area contributed by atoms with Crippen molar-refractivity contribution in [1.29, 1.82) is 5.26 Å². The van der Waals surface area contributed by atoms with E-state index >= 15 is 0 Å². The van der Waals surface area contributed by atoms with Crippen LogP contribution in [-0.2, 0) is 20.5 Å². The highest BCUT2D eigenvalue weighted by Gasteiger charge is 2.31. The third kappa shape index (κ3) is 5.24. The van der Waals surface area contributed by atoms with Crippen molar-refractivity contribution in [2.24, 2.45) is 0 Å². The number of esters is 1. The number of aliphatic hydroxyl groups excluding tert-OH is 1. The highest BCUT2D eigenvalue weighted by atomic mass is 19.4. The molecule has 2 atom stereocenters. The van der Waals surface area contributed by atoms with E-state index in [-0.39, 0.29) is 18.4 Å². The third-order valence-electron chi connectivity index (χ3n) is 3.15. The minimum atomic E-state index is -4.53. The Balaban J connectivity index is 2.82. The molecule has 1 aromatic rings. The Morgan fingerprint density at radius 3 is 2.38 bits per heavy atom. The van der Waals surface area contributed by atoms with Gasteiger partial charge in [-0.25, -0.2) is 4.79 Å². The first-order chi connectivity index (χ1) is 11.2. The van der Waals surface area contributed by atoms with E-state index in [0.717, 1.165) is 31.4 Å². The average Bonchev–Trinajstić information content (AvgIpc) is 2.56. The summed E-state index contributed by atoms with van der Waals surface area (Å²) in [6, 6.07) is 4.08. The fraction of sp³-hybridized carbons (Fsp3) is 0.400.